The van der Waals surface area contributed by atoms with Crippen LogP contribution in [0.2, 0.25) is 0 Å². The first-order valence-corrected chi connectivity index (χ1v) is 8.31. The molecule has 0 aliphatic carbocycles. The van der Waals surface area contributed by atoms with E-state index in [0.717, 1.165) is 22.2 Å². The zero-order valence-electron chi connectivity index (χ0n) is 14.1. The Balaban J connectivity index is 1.91. The van der Waals surface area contributed by atoms with E-state index in [0.29, 0.717) is 18.9 Å². The third-order valence-corrected chi connectivity index (χ3v) is 4.79. The Kier molecular flexibility index (Phi) is 3.71. The number of H-pyrrole nitrogens is 1. The highest BCUT2D eigenvalue weighted by Gasteiger charge is 2.47. The molecule has 0 unspecified atom stereocenters. The molecule has 0 saturated carbocycles. The minimum Gasteiger partial charge on any atom is -0.480 e. The summed E-state index contributed by atoms with van der Waals surface area (Å²) in [6.07, 6.45) is 0.553. The molecule has 1 aromatic heterocycles. The first-order valence-electron chi connectivity index (χ1n) is 8.31. The molecule has 0 saturated heterocycles. The quantitative estimate of drug-likeness (QED) is 0.841. The van der Waals surface area contributed by atoms with Crippen LogP contribution in [0.1, 0.15) is 24.2 Å². The lowest BCUT2D eigenvalue weighted by Gasteiger charge is -2.42. The summed E-state index contributed by atoms with van der Waals surface area (Å²) in [7, 11) is 1.33. The second kappa shape index (κ2) is 5.91. The second-order valence-corrected chi connectivity index (χ2v) is 6.10. The van der Waals surface area contributed by atoms with Crippen LogP contribution in [0.4, 0.5) is 0 Å². The molecule has 2 aliphatic heterocycles. The van der Waals surface area contributed by atoms with Gasteiger partial charge in [0.15, 0.2) is 6.04 Å². The Morgan fingerprint density at radius 1 is 1.40 bits per heavy atom. The molecule has 2 atom stereocenters. The number of aromatic nitrogens is 1. The number of ether oxygens (including phenoxy) is 2. The number of para-hydroxylation sites is 1. The van der Waals surface area contributed by atoms with Crippen molar-refractivity contribution in [3.63, 3.8) is 0 Å². The summed E-state index contributed by atoms with van der Waals surface area (Å²) in [5, 5.41) is 1.04. The van der Waals surface area contributed by atoms with Crippen molar-refractivity contribution in [1.82, 2.24) is 9.88 Å². The molecule has 7 nitrogen and oxygen atoms in total. The van der Waals surface area contributed by atoms with Crippen molar-refractivity contribution in [3.05, 3.63) is 35.5 Å². The molecular formula is C18H19N3O4. The monoisotopic (exact) mass is 341 g/mol. The van der Waals surface area contributed by atoms with Crippen molar-refractivity contribution < 1.29 is 19.1 Å². The number of methoxy groups -OCH3 is 1. The van der Waals surface area contributed by atoms with Crippen molar-refractivity contribution in [2.75, 3.05) is 20.3 Å². The number of hydrogen-bond donors (Lipinski definition) is 1. The number of nitrogens with one attached hydrogen (secondary N) is 1. The Morgan fingerprint density at radius 2 is 2.20 bits per heavy atom. The van der Waals surface area contributed by atoms with Crippen LogP contribution in [0.5, 0.6) is 0 Å². The van der Waals surface area contributed by atoms with Gasteiger partial charge >= 0.3 is 5.97 Å². The molecule has 4 rings (SSSR count). The average molecular weight is 341 g/mol. The molecule has 1 N–H and O–H groups in total. The Morgan fingerprint density at radius 3 is 2.96 bits per heavy atom. The van der Waals surface area contributed by atoms with E-state index < -0.39 is 18.1 Å². The van der Waals surface area contributed by atoms with E-state index in [1.54, 1.807) is 4.90 Å². The molecule has 1 amide bonds. The van der Waals surface area contributed by atoms with Gasteiger partial charge in [0.1, 0.15) is 12.6 Å². The van der Waals surface area contributed by atoms with E-state index in [1.807, 2.05) is 31.2 Å². The summed E-state index contributed by atoms with van der Waals surface area (Å²) in [6.45, 7) is 2.32. The maximum Gasteiger partial charge on any atom is 0.334 e. The van der Waals surface area contributed by atoms with Gasteiger partial charge in [0, 0.05) is 17.3 Å². The highest BCUT2D eigenvalue weighted by Crippen LogP contribution is 2.39. The fraction of sp³-hybridized carbons (Fsp3) is 0.389. The number of carbonyl (C=O) groups is 2. The fourth-order valence-electron chi connectivity index (χ4n) is 3.77. The summed E-state index contributed by atoms with van der Waals surface area (Å²) in [6, 6.07) is 6.65. The smallest absolute Gasteiger partial charge is 0.334 e. The average Bonchev–Trinajstić information content (AvgIpc) is 3.00. The molecular weight excluding hydrogens is 322 g/mol. The predicted molar refractivity (Wildman–Crippen MR) is 91.3 cm³/mol. The Hall–Kier alpha value is -2.83. The molecule has 0 bridgehead atoms. The number of fused-ring (bicyclic) bond motifs is 4. The molecule has 0 fully saturated rings. The SMILES string of the molecule is CCOC1=NCC(=O)N2[C@H]1Cc1c([nH]c3ccccc13)[C@@H]2C(=O)OC. The van der Waals surface area contributed by atoms with E-state index in [2.05, 4.69) is 9.98 Å². The van der Waals surface area contributed by atoms with Gasteiger partial charge < -0.3 is 19.4 Å². The minimum atomic E-state index is -0.815. The molecule has 130 valence electrons. The number of amides is 1. The van der Waals surface area contributed by atoms with Gasteiger partial charge in [0.25, 0.3) is 0 Å². The van der Waals surface area contributed by atoms with E-state index in [-0.39, 0.29) is 12.5 Å². The van der Waals surface area contributed by atoms with Gasteiger partial charge in [0.05, 0.1) is 19.4 Å². The van der Waals surface area contributed by atoms with Crippen molar-refractivity contribution in [3.8, 4) is 0 Å². The van der Waals surface area contributed by atoms with Crippen molar-refractivity contribution >= 4 is 28.7 Å². The zero-order valence-corrected chi connectivity index (χ0v) is 14.1. The summed E-state index contributed by atoms with van der Waals surface area (Å²) >= 11 is 0. The molecule has 2 aromatic rings. The molecule has 7 heteroatoms. The number of hydrogen-bond acceptors (Lipinski definition) is 5. The van der Waals surface area contributed by atoms with E-state index >= 15 is 0 Å². The first-order chi connectivity index (χ1) is 12.2. The number of rotatable bonds is 2. The first kappa shape index (κ1) is 15.7. The lowest BCUT2D eigenvalue weighted by atomic mass is 9.90. The van der Waals surface area contributed by atoms with E-state index in [9.17, 15) is 9.59 Å². The molecule has 3 heterocycles. The predicted octanol–water partition coefficient (Wildman–Crippen LogP) is 1.58. The summed E-state index contributed by atoms with van der Waals surface area (Å²) < 4.78 is 10.7. The maximum absolute atomic E-state index is 12.6. The van der Waals surface area contributed by atoms with Crippen LogP contribution in [0.15, 0.2) is 29.3 Å². The second-order valence-electron chi connectivity index (χ2n) is 6.10. The van der Waals surface area contributed by atoms with Crippen LogP contribution in [0.25, 0.3) is 10.9 Å². The maximum atomic E-state index is 12.6. The van der Waals surface area contributed by atoms with Gasteiger partial charge in [-0.25, -0.2) is 9.79 Å². The number of carbonyl (C=O) groups excluding carboxylic acids is 2. The molecule has 2 aliphatic rings. The van der Waals surface area contributed by atoms with Crippen molar-refractivity contribution in [2.24, 2.45) is 4.99 Å². The van der Waals surface area contributed by atoms with Crippen molar-refractivity contribution in [2.45, 2.75) is 25.4 Å². The summed E-state index contributed by atoms with van der Waals surface area (Å²) in [5.41, 5.74) is 2.66. The third kappa shape index (κ3) is 2.30. The van der Waals surface area contributed by atoms with Crippen LogP contribution in [0, 0.1) is 0 Å². The number of esters is 1. The number of aliphatic imine (C=N–C) groups is 1. The van der Waals surface area contributed by atoms with Crippen LogP contribution in [0.3, 0.4) is 0 Å². The standard InChI is InChI=1S/C18H19N3O4/c1-3-25-17-13-8-11-10-6-4-5-7-12(10)20-15(11)16(18(23)24-2)21(13)14(22)9-19-17/h4-7,13,16,20H,3,8-9H2,1-2H3/t13-,16+/m0/s1. The highest BCUT2D eigenvalue weighted by atomic mass is 16.5. The van der Waals surface area contributed by atoms with Crippen LogP contribution in [-0.2, 0) is 25.5 Å². The number of benzene rings is 1. The van der Waals surface area contributed by atoms with Gasteiger partial charge in [-0.2, -0.15) is 0 Å². The lowest BCUT2D eigenvalue weighted by Crippen LogP contribution is -2.57. The Bertz CT molecular complexity index is 886. The Labute approximate surface area is 144 Å². The fourth-order valence-corrected chi connectivity index (χ4v) is 3.77. The van der Waals surface area contributed by atoms with Crippen LogP contribution < -0.4 is 0 Å². The van der Waals surface area contributed by atoms with Gasteiger partial charge in [-0.1, -0.05) is 18.2 Å². The molecule has 0 radical (unpaired) electrons. The van der Waals surface area contributed by atoms with E-state index in [1.165, 1.54) is 7.11 Å². The largest absolute Gasteiger partial charge is 0.480 e. The summed E-state index contributed by atoms with van der Waals surface area (Å²) in [5.74, 6) is -0.163. The van der Waals surface area contributed by atoms with Crippen LogP contribution in [-0.4, -0.2) is 54.0 Å². The van der Waals surface area contributed by atoms with Gasteiger partial charge in [-0.3, -0.25) is 4.79 Å². The van der Waals surface area contributed by atoms with Gasteiger partial charge in [-0.15, -0.1) is 0 Å². The summed E-state index contributed by atoms with van der Waals surface area (Å²) in [4.78, 5) is 34.3. The third-order valence-electron chi connectivity index (χ3n) is 4.79. The van der Waals surface area contributed by atoms with Crippen molar-refractivity contribution in [1.29, 1.82) is 0 Å². The number of aromatic amines is 1. The topological polar surface area (TPSA) is 84.0 Å². The molecule has 0 spiro atoms. The van der Waals surface area contributed by atoms with E-state index in [4.69, 9.17) is 9.47 Å². The van der Waals surface area contributed by atoms with Gasteiger partial charge in [0.2, 0.25) is 11.8 Å². The molecule has 1 aromatic carbocycles. The normalized spacial score (nSPS) is 22.2. The minimum absolute atomic E-state index is 0.0190. The highest BCUT2D eigenvalue weighted by molar-refractivity contribution is 5.99. The lowest BCUT2D eigenvalue weighted by molar-refractivity contribution is -0.155. The van der Waals surface area contributed by atoms with Crippen LogP contribution >= 0.6 is 0 Å². The van der Waals surface area contributed by atoms with Gasteiger partial charge in [-0.05, 0) is 18.6 Å². The zero-order chi connectivity index (χ0) is 17.6. The molecule has 25 heavy (non-hydrogen) atoms. The number of nitrogens with zero attached hydrogens (tertiary/aromatic N) is 2.